The number of rotatable bonds is 5. The number of hydrogen-bond acceptors (Lipinski definition) is 3. The molecule has 0 aliphatic rings. The molecule has 140 valence electrons. The molecule has 1 atom stereocenters. The second-order valence-corrected chi connectivity index (χ2v) is 8.43. The standard InChI is InChI=1S/C22H14Cl2O3S/c23-15-11-9-14(10-12-15)21(25)22-17(16-5-1-3-7-19(16)27-22)13-28(26)20-8-4-2-6-18(20)24/h1-12H,13H2/t28-/m1/s1. The third-order valence-corrected chi connectivity index (χ3v) is 6.46. The van der Waals surface area contributed by atoms with E-state index < -0.39 is 10.8 Å². The van der Waals surface area contributed by atoms with E-state index in [1.54, 1.807) is 54.6 Å². The Morgan fingerprint density at radius 3 is 2.32 bits per heavy atom. The lowest BCUT2D eigenvalue weighted by molar-refractivity contribution is 0.101. The third kappa shape index (κ3) is 3.63. The van der Waals surface area contributed by atoms with Crippen LogP contribution in [0, 0.1) is 0 Å². The normalized spacial score (nSPS) is 12.2. The predicted molar refractivity (Wildman–Crippen MR) is 113 cm³/mol. The van der Waals surface area contributed by atoms with Crippen molar-refractivity contribution in [1.82, 2.24) is 0 Å². The van der Waals surface area contributed by atoms with Crippen molar-refractivity contribution < 1.29 is 13.4 Å². The molecule has 4 rings (SSSR count). The fourth-order valence-electron chi connectivity index (χ4n) is 3.00. The van der Waals surface area contributed by atoms with E-state index in [1.807, 2.05) is 18.2 Å². The highest BCUT2D eigenvalue weighted by Gasteiger charge is 2.24. The average molecular weight is 429 g/mol. The minimum atomic E-state index is -1.43. The van der Waals surface area contributed by atoms with Crippen molar-refractivity contribution in [2.45, 2.75) is 10.6 Å². The Kier molecular flexibility index (Phi) is 5.36. The van der Waals surface area contributed by atoms with Crippen LogP contribution in [0.3, 0.4) is 0 Å². The van der Waals surface area contributed by atoms with Crippen LogP contribution in [0.25, 0.3) is 11.0 Å². The summed E-state index contributed by atoms with van der Waals surface area (Å²) in [5.74, 6) is 0.0260. The van der Waals surface area contributed by atoms with Crippen LogP contribution in [0.15, 0.2) is 82.1 Å². The maximum atomic E-state index is 13.1. The van der Waals surface area contributed by atoms with Gasteiger partial charge in [0.25, 0.3) is 0 Å². The molecule has 3 aromatic carbocycles. The lowest BCUT2D eigenvalue weighted by atomic mass is 10.0. The van der Waals surface area contributed by atoms with Gasteiger partial charge in [0.2, 0.25) is 5.78 Å². The van der Waals surface area contributed by atoms with Crippen LogP contribution in [0.1, 0.15) is 21.7 Å². The minimum Gasteiger partial charge on any atom is -0.452 e. The van der Waals surface area contributed by atoms with Crippen LogP contribution in [-0.2, 0) is 16.6 Å². The second kappa shape index (κ2) is 7.92. The van der Waals surface area contributed by atoms with Crippen molar-refractivity contribution in [3.8, 4) is 0 Å². The largest absolute Gasteiger partial charge is 0.452 e. The van der Waals surface area contributed by atoms with Crippen molar-refractivity contribution in [2.24, 2.45) is 0 Å². The summed E-state index contributed by atoms with van der Waals surface area (Å²) in [7, 11) is -1.43. The summed E-state index contributed by atoms with van der Waals surface area (Å²) in [5, 5.41) is 1.74. The number of benzene rings is 3. The molecule has 0 saturated heterocycles. The summed E-state index contributed by atoms with van der Waals surface area (Å²) in [5.41, 5.74) is 1.63. The number of furan rings is 1. The topological polar surface area (TPSA) is 47.3 Å². The SMILES string of the molecule is O=C(c1ccc(Cl)cc1)c1oc2ccccc2c1C[S@@](=O)c1ccccc1Cl. The second-order valence-electron chi connectivity index (χ2n) is 6.16. The Hall–Kier alpha value is -2.40. The van der Waals surface area contributed by atoms with Crippen molar-refractivity contribution >= 4 is 50.8 Å². The number of hydrogen-bond donors (Lipinski definition) is 0. The summed E-state index contributed by atoms with van der Waals surface area (Å²) >= 11 is 12.1. The number of halogens is 2. The molecule has 0 radical (unpaired) electrons. The molecule has 4 aromatic rings. The molecule has 1 aromatic heterocycles. The zero-order valence-electron chi connectivity index (χ0n) is 14.5. The molecule has 0 spiro atoms. The summed E-state index contributed by atoms with van der Waals surface area (Å²) in [6.07, 6.45) is 0. The molecule has 3 nitrogen and oxygen atoms in total. The van der Waals surface area contributed by atoms with Crippen LogP contribution in [0.2, 0.25) is 10.0 Å². The number of fused-ring (bicyclic) bond motifs is 1. The molecular weight excluding hydrogens is 415 g/mol. The monoisotopic (exact) mass is 428 g/mol. The average Bonchev–Trinajstić information content (AvgIpc) is 3.07. The van der Waals surface area contributed by atoms with E-state index in [4.69, 9.17) is 27.6 Å². The molecule has 6 heteroatoms. The van der Waals surface area contributed by atoms with E-state index in [1.165, 1.54) is 0 Å². The summed E-state index contributed by atoms with van der Waals surface area (Å²) in [6, 6.07) is 20.9. The minimum absolute atomic E-state index is 0.120. The first-order valence-electron chi connectivity index (χ1n) is 8.48. The van der Waals surface area contributed by atoms with E-state index in [-0.39, 0.29) is 17.3 Å². The highest BCUT2D eigenvalue weighted by molar-refractivity contribution is 7.84. The molecule has 0 saturated carbocycles. The van der Waals surface area contributed by atoms with Crippen LogP contribution in [-0.4, -0.2) is 9.99 Å². The fraction of sp³-hybridized carbons (Fsp3) is 0.0455. The van der Waals surface area contributed by atoms with Crippen molar-refractivity contribution in [3.05, 3.63) is 99.7 Å². The molecule has 0 amide bonds. The summed E-state index contributed by atoms with van der Waals surface area (Å²) < 4.78 is 18.9. The van der Waals surface area contributed by atoms with Crippen LogP contribution < -0.4 is 0 Å². The van der Waals surface area contributed by atoms with Gasteiger partial charge in [0.05, 0.1) is 26.5 Å². The first-order chi connectivity index (χ1) is 13.5. The van der Waals surface area contributed by atoms with Crippen molar-refractivity contribution in [2.75, 3.05) is 0 Å². The maximum absolute atomic E-state index is 13.1. The Bertz CT molecular complexity index is 1200. The molecule has 0 N–H and O–H groups in total. The van der Waals surface area contributed by atoms with Gasteiger partial charge >= 0.3 is 0 Å². The predicted octanol–water partition coefficient (Wildman–Crippen LogP) is 6.28. The van der Waals surface area contributed by atoms with Crippen LogP contribution >= 0.6 is 23.2 Å². The van der Waals surface area contributed by atoms with Gasteiger partial charge in [-0.05, 0) is 42.5 Å². The molecule has 28 heavy (non-hydrogen) atoms. The van der Waals surface area contributed by atoms with Gasteiger partial charge in [0, 0.05) is 21.5 Å². The molecule has 0 bridgehead atoms. The number of para-hydroxylation sites is 1. The van der Waals surface area contributed by atoms with E-state index >= 15 is 0 Å². The molecule has 0 aliphatic heterocycles. The van der Waals surface area contributed by atoms with Gasteiger partial charge in [-0.1, -0.05) is 53.5 Å². The van der Waals surface area contributed by atoms with E-state index in [0.717, 1.165) is 5.39 Å². The van der Waals surface area contributed by atoms with Crippen LogP contribution in [0.5, 0.6) is 0 Å². The van der Waals surface area contributed by atoms with E-state index in [0.29, 0.717) is 31.7 Å². The lowest BCUT2D eigenvalue weighted by Gasteiger charge is -2.06. The van der Waals surface area contributed by atoms with Gasteiger partial charge in [-0.3, -0.25) is 9.00 Å². The zero-order chi connectivity index (χ0) is 19.7. The quantitative estimate of drug-likeness (QED) is 0.351. The Morgan fingerprint density at radius 2 is 1.57 bits per heavy atom. The van der Waals surface area contributed by atoms with Crippen molar-refractivity contribution in [1.29, 1.82) is 0 Å². The number of carbonyl (C=O) groups excluding carboxylic acids is 1. The van der Waals surface area contributed by atoms with E-state index in [2.05, 4.69) is 0 Å². The van der Waals surface area contributed by atoms with Gasteiger partial charge in [-0.25, -0.2) is 0 Å². The molecule has 1 heterocycles. The van der Waals surface area contributed by atoms with E-state index in [9.17, 15) is 9.00 Å². The first-order valence-corrected chi connectivity index (χ1v) is 10.6. The lowest BCUT2D eigenvalue weighted by Crippen LogP contribution is -2.06. The van der Waals surface area contributed by atoms with Crippen LogP contribution in [0.4, 0.5) is 0 Å². The third-order valence-electron chi connectivity index (χ3n) is 4.37. The molecule has 0 aliphatic carbocycles. The molecule has 0 fully saturated rings. The van der Waals surface area contributed by atoms with Crippen molar-refractivity contribution in [3.63, 3.8) is 0 Å². The Morgan fingerprint density at radius 1 is 0.893 bits per heavy atom. The highest BCUT2D eigenvalue weighted by atomic mass is 35.5. The van der Waals surface area contributed by atoms with Gasteiger partial charge in [0.15, 0.2) is 5.76 Å². The summed E-state index contributed by atoms with van der Waals surface area (Å²) in [4.78, 5) is 13.6. The zero-order valence-corrected chi connectivity index (χ0v) is 16.9. The Labute approximate surface area is 174 Å². The molecule has 0 unspecified atom stereocenters. The van der Waals surface area contributed by atoms with Gasteiger partial charge < -0.3 is 4.42 Å². The first kappa shape index (κ1) is 18.9. The number of ketones is 1. The Balaban J connectivity index is 1.79. The maximum Gasteiger partial charge on any atom is 0.228 e. The highest BCUT2D eigenvalue weighted by Crippen LogP contribution is 2.31. The smallest absolute Gasteiger partial charge is 0.228 e. The van der Waals surface area contributed by atoms with Gasteiger partial charge in [-0.15, -0.1) is 0 Å². The van der Waals surface area contributed by atoms with Gasteiger partial charge in [-0.2, -0.15) is 0 Å². The fourth-order valence-corrected chi connectivity index (χ4v) is 4.74. The van der Waals surface area contributed by atoms with Gasteiger partial charge in [0.1, 0.15) is 5.58 Å². The number of carbonyl (C=O) groups is 1. The summed E-state index contributed by atoms with van der Waals surface area (Å²) in [6.45, 7) is 0. The molecular formula is C22H14Cl2O3S.